The molecule has 0 spiro atoms. The van der Waals surface area contributed by atoms with Crippen LogP contribution in [0.25, 0.3) is 39.3 Å². The molecule has 0 unspecified atom stereocenters. The normalized spacial score (nSPS) is 11.2. The van der Waals surface area contributed by atoms with E-state index in [1.807, 2.05) is 61.5 Å². The molecule has 0 radical (unpaired) electrons. The smallest absolute Gasteiger partial charge is 0.434 e. The summed E-state index contributed by atoms with van der Waals surface area (Å²) in [5.74, 6) is 0.144. The van der Waals surface area contributed by atoms with E-state index in [-0.39, 0.29) is 5.89 Å². The Balaban J connectivity index is 1.66. The van der Waals surface area contributed by atoms with Gasteiger partial charge in [-0.05, 0) is 54.3 Å². The number of imidazole rings is 1. The van der Waals surface area contributed by atoms with E-state index in [1.54, 1.807) is 6.07 Å². The molecular formula is C28H26N4O4. The molecule has 36 heavy (non-hydrogen) atoms. The molecular weight excluding hydrogens is 456 g/mol. The number of esters is 1. The van der Waals surface area contributed by atoms with Crippen LogP contribution in [0.4, 0.5) is 0 Å². The van der Waals surface area contributed by atoms with Crippen LogP contribution < -0.4 is 5.76 Å². The van der Waals surface area contributed by atoms with Gasteiger partial charge in [-0.15, -0.1) is 5.10 Å². The number of hydrogen-bond donors (Lipinski definition) is 1. The van der Waals surface area contributed by atoms with Crippen LogP contribution >= 0.6 is 0 Å². The minimum atomic E-state index is -0.599. The molecule has 2 aromatic heterocycles. The number of fused-ring (bicyclic) bond motifs is 1. The van der Waals surface area contributed by atoms with Gasteiger partial charge in [-0.2, -0.15) is 0 Å². The maximum atomic E-state index is 12.7. The van der Waals surface area contributed by atoms with Crippen molar-refractivity contribution < 1.29 is 13.9 Å². The van der Waals surface area contributed by atoms with Gasteiger partial charge >= 0.3 is 11.7 Å². The summed E-state index contributed by atoms with van der Waals surface area (Å²) in [5.41, 5.74) is 6.45. The summed E-state index contributed by atoms with van der Waals surface area (Å²) < 4.78 is 12.3. The van der Waals surface area contributed by atoms with Gasteiger partial charge in [0.1, 0.15) is 5.82 Å². The van der Waals surface area contributed by atoms with Crippen LogP contribution in [0.1, 0.15) is 41.5 Å². The van der Waals surface area contributed by atoms with Crippen molar-refractivity contribution in [3.63, 3.8) is 0 Å². The summed E-state index contributed by atoms with van der Waals surface area (Å²) in [6, 6.07) is 19.3. The van der Waals surface area contributed by atoms with Crippen LogP contribution in [0.3, 0.4) is 0 Å². The quantitative estimate of drug-likeness (QED) is 0.309. The monoisotopic (exact) mass is 482 g/mol. The van der Waals surface area contributed by atoms with E-state index >= 15 is 0 Å². The summed E-state index contributed by atoms with van der Waals surface area (Å²) in [6.45, 7) is 4.14. The topological polar surface area (TPSA) is 103 Å². The van der Waals surface area contributed by atoms with Crippen molar-refractivity contribution in [3.8, 4) is 28.3 Å². The van der Waals surface area contributed by atoms with Crippen LogP contribution in [0.15, 0.2) is 69.9 Å². The number of nitrogens with one attached hydrogen (secondary N) is 1. The summed E-state index contributed by atoms with van der Waals surface area (Å²) in [7, 11) is 1.39. The molecule has 1 N–H and O–H groups in total. The molecule has 0 aliphatic rings. The molecule has 5 rings (SSSR count). The van der Waals surface area contributed by atoms with E-state index in [9.17, 15) is 9.59 Å². The highest BCUT2D eigenvalue weighted by molar-refractivity contribution is 6.03. The van der Waals surface area contributed by atoms with Crippen LogP contribution in [0, 0.1) is 6.92 Å². The van der Waals surface area contributed by atoms with Gasteiger partial charge in [-0.1, -0.05) is 49.7 Å². The van der Waals surface area contributed by atoms with Crippen molar-refractivity contribution in [2.24, 2.45) is 0 Å². The molecule has 2 heterocycles. The third-order valence-electron chi connectivity index (χ3n) is 6.27. The number of hydrogen-bond acceptors (Lipinski definition) is 6. The van der Waals surface area contributed by atoms with Crippen molar-refractivity contribution in [2.75, 3.05) is 7.11 Å². The number of unbranched alkanes of at least 4 members (excludes halogenated alkanes) is 1. The van der Waals surface area contributed by atoms with E-state index in [0.717, 1.165) is 58.5 Å². The molecule has 0 fully saturated rings. The van der Waals surface area contributed by atoms with Crippen molar-refractivity contribution in [3.05, 3.63) is 88.2 Å². The molecule has 0 aliphatic carbocycles. The van der Waals surface area contributed by atoms with Crippen LogP contribution in [-0.4, -0.2) is 32.8 Å². The minimum Gasteiger partial charge on any atom is -0.465 e. The lowest BCUT2D eigenvalue weighted by Crippen LogP contribution is -2.07. The van der Waals surface area contributed by atoms with E-state index < -0.39 is 11.7 Å². The summed E-state index contributed by atoms with van der Waals surface area (Å²) in [4.78, 5) is 29.1. The second-order valence-corrected chi connectivity index (χ2v) is 8.60. The number of carbonyl (C=O) groups excluding carboxylic acids is 1. The van der Waals surface area contributed by atoms with E-state index in [2.05, 4.69) is 21.7 Å². The fourth-order valence-corrected chi connectivity index (χ4v) is 4.47. The first-order valence-electron chi connectivity index (χ1n) is 11.9. The first kappa shape index (κ1) is 23.3. The third kappa shape index (κ3) is 4.11. The Morgan fingerprint density at radius 2 is 1.81 bits per heavy atom. The van der Waals surface area contributed by atoms with Crippen LogP contribution in [-0.2, 0) is 11.2 Å². The van der Waals surface area contributed by atoms with Gasteiger partial charge in [0.05, 0.1) is 23.7 Å². The molecule has 5 aromatic rings. The predicted molar refractivity (Wildman–Crippen MR) is 137 cm³/mol. The Kier molecular flexibility index (Phi) is 6.25. The number of aromatic nitrogens is 4. The van der Waals surface area contributed by atoms with Crippen molar-refractivity contribution >= 4 is 17.0 Å². The Bertz CT molecular complexity index is 1610. The number of H-pyrrole nitrogens is 1. The zero-order valence-corrected chi connectivity index (χ0v) is 20.4. The molecule has 8 heteroatoms. The van der Waals surface area contributed by atoms with Crippen LogP contribution in [0.2, 0.25) is 0 Å². The maximum absolute atomic E-state index is 12.7. The molecule has 182 valence electrons. The first-order chi connectivity index (χ1) is 17.5. The number of rotatable bonds is 7. The molecule has 0 saturated carbocycles. The minimum absolute atomic E-state index is 0.236. The highest BCUT2D eigenvalue weighted by atomic mass is 16.5. The lowest BCUT2D eigenvalue weighted by molar-refractivity contribution is 0.0602. The lowest BCUT2D eigenvalue weighted by Gasteiger charge is -2.13. The number of benzene rings is 3. The van der Waals surface area contributed by atoms with E-state index in [1.165, 1.54) is 7.11 Å². The third-order valence-corrected chi connectivity index (χ3v) is 6.27. The molecule has 0 aliphatic heterocycles. The first-order valence-corrected chi connectivity index (χ1v) is 11.9. The van der Waals surface area contributed by atoms with Crippen molar-refractivity contribution in [1.29, 1.82) is 0 Å². The predicted octanol–water partition coefficient (Wildman–Crippen LogP) is 5.47. The number of ether oxygens (including phenoxy) is 1. The highest BCUT2D eigenvalue weighted by Gasteiger charge is 2.21. The fraction of sp³-hybridized carbons (Fsp3) is 0.214. The van der Waals surface area contributed by atoms with E-state index in [4.69, 9.17) is 14.1 Å². The zero-order valence-electron chi connectivity index (χ0n) is 20.4. The summed E-state index contributed by atoms with van der Waals surface area (Å²) in [5, 5.41) is 6.30. The fourth-order valence-electron chi connectivity index (χ4n) is 4.47. The van der Waals surface area contributed by atoms with Gasteiger partial charge in [0.15, 0.2) is 0 Å². The Morgan fingerprint density at radius 1 is 1.06 bits per heavy atom. The molecule has 0 saturated heterocycles. The Labute approximate surface area is 207 Å². The standard InChI is InChI=1S/C28H26N4O4/c1-4-5-10-23-29-24-17(2)11-16-22(27(33)35-3)25(24)32(23)19-14-12-18(13-15-19)20-8-6-7-9-21(20)26-30-31-28(34)36-26/h6-9,11-16H,4-5,10H2,1-3H3,(H,31,34). The number of aryl methyl sites for hydroxylation is 2. The van der Waals surface area contributed by atoms with Gasteiger partial charge < -0.3 is 9.15 Å². The van der Waals surface area contributed by atoms with Gasteiger partial charge in [-0.25, -0.2) is 19.7 Å². The molecule has 8 nitrogen and oxygen atoms in total. The SMILES string of the molecule is CCCCc1nc2c(C)ccc(C(=O)OC)c2n1-c1ccc(-c2ccccc2-c2n[nH]c(=O)o2)cc1. The number of aromatic amines is 1. The van der Waals surface area contributed by atoms with Crippen LogP contribution in [0.5, 0.6) is 0 Å². The van der Waals surface area contributed by atoms with E-state index in [0.29, 0.717) is 11.1 Å². The Hall–Kier alpha value is -4.46. The Morgan fingerprint density at radius 3 is 2.47 bits per heavy atom. The zero-order chi connectivity index (χ0) is 25.2. The molecule has 0 atom stereocenters. The second-order valence-electron chi connectivity index (χ2n) is 8.60. The largest absolute Gasteiger partial charge is 0.465 e. The number of nitrogens with zero attached hydrogens (tertiary/aromatic N) is 3. The summed E-state index contributed by atoms with van der Waals surface area (Å²) >= 11 is 0. The molecule has 0 bridgehead atoms. The van der Waals surface area contributed by atoms with Gasteiger partial charge in [0.2, 0.25) is 5.89 Å². The number of methoxy groups -OCH3 is 1. The maximum Gasteiger partial charge on any atom is 0.434 e. The average Bonchev–Trinajstić information content (AvgIpc) is 3.51. The molecule has 0 amide bonds. The van der Waals surface area contributed by atoms with Gasteiger partial charge in [0.25, 0.3) is 0 Å². The van der Waals surface area contributed by atoms with Gasteiger partial charge in [-0.3, -0.25) is 4.57 Å². The van der Waals surface area contributed by atoms with Crippen molar-refractivity contribution in [1.82, 2.24) is 19.7 Å². The highest BCUT2D eigenvalue weighted by Crippen LogP contribution is 2.33. The lowest BCUT2D eigenvalue weighted by atomic mass is 9.99. The molecule has 3 aromatic carbocycles. The number of carbonyl (C=O) groups is 1. The second kappa shape index (κ2) is 9.65. The average molecular weight is 483 g/mol. The van der Waals surface area contributed by atoms with Gasteiger partial charge in [0, 0.05) is 17.7 Å². The summed E-state index contributed by atoms with van der Waals surface area (Å²) in [6.07, 6.45) is 2.80. The van der Waals surface area contributed by atoms with Crippen molar-refractivity contribution in [2.45, 2.75) is 33.1 Å².